The van der Waals surface area contributed by atoms with Crippen LogP contribution in [0.25, 0.3) is 0 Å². The van der Waals surface area contributed by atoms with Crippen molar-refractivity contribution in [3.05, 3.63) is 44.0 Å². The van der Waals surface area contributed by atoms with Crippen LogP contribution in [0.5, 0.6) is 0 Å². The summed E-state index contributed by atoms with van der Waals surface area (Å²) in [5.41, 5.74) is 3.75. The van der Waals surface area contributed by atoms with E-state index in [1.54, 1.807) is 0 Å². The van der Waals surface area contributed by atoms with Crippen LogP contribution in [0.1, 0.15) is 37.7 Å². The van der Waals surface area contributed by atoms with Gasteiger partial charge in [-0.3, -0.25) is 25.0 Å². The minimum Gasteiger partial charge on any atom is -0.459 e. The summed E-state index contributed by atoms with van der Waals surface area (Å²) >= 11 is 0. The molecule has 0 amide bonds. The summed E-state index contributed by atoms with van der Waals surface area (Å²) in [4.78, 5) is 32.7. The monoisotopic (exact) mass is 323 g/mol. The zero-order chi connectivity index (χ0) is 17.0. The van der Waals surface area contributed by atoms with Gasteiger partial charge in [-0.05, 0) is 18.9 Å². The van der Waals surface area contributed by atoms with Gasteiger partial charge in [0, 0.05) is 12.1 Å². The first-order valence-electron chi connectivity index (χ1n) is 7.22. The molecule has 23 heavy (non-hydrogen) atoms. The van der Waals surface area contributed by atoms with E-state index in [1.165, 1.54) is 6.07 Å². The van der Waals surface area contributed by atoms with E-state index >= 15 is 0 Å². The zero-order valence-electron chi connectivity index (χ0n) is 12.4. The van der Waals surface area contributed by atoms with E-state index in [9.17, 15) is 25.0 Å². The molecule has 0 bridgehead atoms. The number of ether oxygens (including phenoxy) is 1. The fourth-order valence-corrected chi connectivity index (χ4v) is 2.72. The van der Waals surface area contributed by atoms with E-state index < -0.39 is 39.3 Å². The van der Waals surface area contributed by atoms with Crippen molar-refractivity contribution >= 4 is 17.3 Å². The van der Waals surface area contributed by atoms with E-state index in [-0.39, 0.29) is 5.56 Å². The van der Waals surface area contributed by atoms with Crippen molar-refractivity contribution in [3.63, 3.8) is 0 Å². The maximum Gasteiger partial charge on any atom is 0.326 e. The topological polar surface area (TPSA) is 139 Å². The van der Waals surface area contributed by atoms with Gasteiger partial charge in [-0.1, -0.05) is 19.3 Å². The molecule has 0 atom stereocenters. The SMILES string of the molecule is NC1(C(=O)OCc2c([N+](=O)[O-])cccc2[N+](=O)[O-])CCCCC1. The molecule has 0 aromatic heterocycles. The van der Waals surface area contributed by atoms with E-state index in [2.05, 4.69) is 0 Å². The Hall–Kier alpha value is -2.55. The number of nitrogens with two attached hydrogens (primary N) is 1. The van der Waals surface area contributed by atoms with Gasteiger partial charge in [0.05, 0.1) is 9.85 Å². The molecule has 0 unspecified atom stereocenters. The third-order valence-electron chi connectivity index (χ3n) is 4.02. The number of carbonyl (C=O) groups excluding carboxylic acids is 1. The first kappa shape index (κ1) is 16.8. The molecule has 0 aliphatic heterocycles. The Morgan fingerprint density at radius 1 is 1.13 bits per heavy atom. The highest BCUT2D eigenvalue weighted by Crippen LogP contribution is 2.31. The van der Waals surface area contributed by atoms with Crippen molar-refractivity contribution in [1.29, 1.82) is 0 Å². The Labute approximate surface area is 131 Å². The maximum atomic E-state index is 12.2. The standard InChI is InChI=1S/C14H17N3O6/c15-14(7-2-1-3-8-14)13(18)23-9-10-11(16(19)20)5-4-6-12(10)17(21)22/h4-6H,1-3,7-9,15H2. The molecule has 9 nitrogen and oxygen atoms in total. The lowest BCUT2D eigenvalue weighted by atomic mass is 9.83. The third-order valence-corrected chi connectivity index (χ3v) is 4.02. The predicted octanol–water partition coefficient (Wildman–Crippen LogP) is 2.21. The summed E-state index contributed by atoms with van der Waals surface area (Å²) in [6.07, 6.45) is 3.55. The highest BCUT2D eigenvalue weighted by Gasteiger charge is 2.37. The second-order valence-corrected chi connectivity index (χ2v) is 5.58. The Morgan fingerprint density at radius 2 is 1.65 bits per heavy atom. The van der Waals surface area contributed by atoms with Crippen LogP contribution in [0.4, 0.5) is 11.4 Å². The smallest absolute Gasteiger partial charge is 0.326 e. The minimum atomic E-state index is -1.11. The van der Waals surface area contributed by atoms with Crippen molar-refractivity contribution in [1.82, 2.24) is 0 Å². The molecule has 2 rings (SSSR count). The van der Waals surface area contributed by atoms with Crippen molar-refractivity contribution in [2.45, 2.75) is 44.2 Å². The summed E-state index contributed by atoms with van der Waals surface area (Å²) in [6.45, 7) is -0.550. The molecule has 0 spiro atoms. The number of carbonyl (C=O) groups is 1. The van der Waals surface area contributed by atoms with Gasteiger partial charge in [0.25, 0.3) is 11.4 Å². The van der Waals surface area contributed by atoms with Crippen LogP contribution >= 0.6 is 0 Å². The lowest BCUT2D eigenvalue weighted by Gasteiger charge is -2.30. The summed E-state index contributed by atoms with van der Waals surface area (Å²) in [6, 6.07) is 3.48. The Balaban J connectivity index is 2.21. The van der Waals surface area contributed by atoms with Crippen molar-refractivity contribution in [2.75, 3.05) is 0 Å². The number of hydrogen-bond acceptors (Lipinski definition) is 7. The molecule has 1 aromatic carbocycles. The van der Waals surface area contributed by atoms with Gasteiger partial charge in [-0.2, -0.15) is 0 Å². The van der Waals surface area contributed by atoms with Crippen LogP contribution in [0.15, 0.2) is 18.2 Å². The highest BCUT2D eigenvalue weighted by atomic mass is 16.6. The summed E-state index contributed by atoms with van der Waals surface area (Å²) < 4.78 is 5.08. The molecule has 0 heterocycles. The summed E-state index contributed by atoms with van der Waals surface area (Å²) in [5.74, 6) is -0.676. The first-order valence-corrected chi connectivity index (χ1v) is 7.22. The third kappa shape index (κ3) is 3.62. The van der Waals surface area contributed by atoms with Crippen LogP contribution < -0.4 is 5.73 Å². The Bertz CT molecular complexity index is 607. The molecular formula is C14H17N3O6. The number of nitrogens with zero attached hydrogens (tertiary/aromatic N) is 2. The predicted molar refractivity (Wildman–Crippen MR) is 79.6 cm³/mol. The second-order valence-electron chi connectivity index (χ2n) is 5.58. The summed E-state index contributed by atoms with van der Waals surface area (Å²) in [5, 5.41) is 22.0. The normalized spacial score (nSPS) is 16.6. The van der Waals surface area contributed by atoms with Gasteiger partial charge in [-0.15, -0.1) is 0 Å². The number of esters is 1. The van der Waals surface area contributed by atoms with Crippen LogP contribution in [-0.4, -0.2) is 21.4 Å². The molecule has 1 aliphatic rings. The molecular weight excluding hydrogens is 306 g/mol. The fraction of sp³-hybridized carbons (Fsp3) is 0.500. The van der Waals surface area contributed by atoms with Crippen molar-refractivity contribution < 1.29 is 19.4 Å². The van der Waals surface area contributed by atoms with E-state index in [4.69, 9.17) is 10.5 Å². The van der Waals surface area contributed by atoms with E-state index in [1.807, 2.05) is 0 Å². The number of nitro benzene ring substituents is 2. The minimum absolute atomic E-state index is 0.241. The van der Waals surface area contributed by atoms with Gasteiger partial charge in [0.2, 0.25) is 0 Å². The molecule has 1 saturated carbocycles. The highest BCUT2D eigenvalue weighted by molar-refractivity contribution is 5.80. The molecule has 124 valence electrons. The fourth-order valence-electron chi connectivity index (χ4n) is 2.72. The average Bonchev–Trinajstić information content (AvgIpc) is 2.52. The zero-order valence-corrected chi connectivity index (χ0v) is 12.4. The number of nitro groups is 2. The lowest BCUT2D eigenvalue weighted by Crippen LogP contribution is -2.50. The molecule has 1 aromatic rings. The molecule has 1 fully saturated rings. The largest absolute Gasteiger partial charge is 0.459 e. The van der Waals surface area contributed by atoms with Gasteiger partial charge in [0.1, 0.15) is 17.7 Å². The number of hydrogen-bond donors (Lipinski definition) is 1. The van der Waals surface area contributed by atoms with Crippen molar-refractivity contribution in [2.24, 2.45) is 5.73 Å². The van der Waals surface area contributed by atoms with E-state index in [0.717, 1.165) is 31.4 Å². The second kappa shape index (κ2) is 6.69. The van der Waals surface area contributed by atoms with E-state index in [0.29, 0.717) is 12.8 Å². The van der Waals surface area contributed by atoms with Crippen LogP contribution in [0, 0.1) is 20.2 Å². The van der Waals surface area contributed by atoms with Gasteiger partial charge < -0.3 is 10.5 Å². The van der Waals surface area contributed by atoms with Gasteiger partial charge >= 0.3 is 5.97 Å². The van der Waals surface area contributed by atoms with Crippen LogP contribution in [-0.2, 0) is 16.1 Å². The molecule has 0 radical (unpaired) electrons. The maximum absolute atomic E-state index is 12.2. The average molecular weight is 323 g/mol. The van der Waals surface area contributed by atoms with Crippen molar-refractivity contribution in [3.8, 4) is 0 Å². The Kier molecular flexibility index (Phi) is 4.89. The van der Waals surface area contributed by atoms with Gasteiger partial charge in [-0.25, -0.2) is 0 Å². The van der Waals surface area contributed by atoms with Crippen LogP contribution in [0.3, 0.4) is 0 Å². The number of benzene rings is 1. The molecule has 9 heteroatoms. The lowest BCUT2D eigenvalue weighted by molar-refractivity contribution is -0.396. The first-order chi connectivity index (χ1) is 10.8. The molecule has 1 aliphatic carbocycles. The summed E-state index contributed by atoms with van der Waals surface area (Å²) in [7, 11) is 0. The van der Waals surface area contributed by atoms with Crippen LogP contribution in [0.2, 0.25) is 0 Å². The quantitative estimate of drug-likeness (QED) is 0.497. The molecule has 2 N–H and O–H groups in total. The molecule has 0 saturated heterocycles. The number of rotatable bonds is 5. The van der Waals surface area contributed by atoms with Gasteiger partial charge in [0.15, 0.2) is 0 Å². The Morgan fingerprint density at radius 3 is 2.13 bits per heavy atom.